The van der Waals surface area contributed by atoms with Crippen molar-refractivity contribution in [3.8, 4) is 0 Å². The molecule has 28 heavy (non-hydrogen) atoms. The Hall–Kier alpha value is -1.77. The van der Waals surface area contributed by atoms with Gasteiger partial charge >= 0.3 is 0 Å². The molecule has 0 aromatic carbocycles. The van der Waals surface area contributed by atoms with Crippen molar-refractivity contribution in [3.63, 3.8) is 0 Å². The molecule has 154 valence electrons. The average molecular weight is 496 g/mol. The molecule has 7 heteroatoms. The SMILES string of the molecule is CCNC(=NCc1ccc(N2CCC(C)CC2)nc1)NCCn1cccc1.I. The Bertz CT molecular complexity index is 690. The van der Waals surface area contributed by atoms with E-state index in [9.17, 15) is 0 Å². The van der Waals surface area contributed by atoms with E-state index in [4.69, 9.17) is 0 Å². The van der Waals surface area contributed by atoms with Crippen molar-refractivity contribution in [2.75, 3.05) is 31.1 Å². The van der Waals surface area contributed by atoms with Gasteiger partial charge in [0.15, 0.2) is 5.96 Å². The van der Waals surface area contributed by atoms with Crippen LogP contribution in [0, 0.1) is 5.92 Å². The summed E-state index contributed by atoms with van der Waals surface area (Å²) < 4.78 is 2.15. The minimum Gasteiger partial charge on any atom is -0.357 e. The van der Waals surface area contributed by atoms with Crippen LogP contribution in [0.4, 0.5) is 5.82 Å². The molecule has 0 saturated carbocycles. The van der Waals surface area contributed by atoms with Crippen LogP contribution in [0.25, 0.3) is 0 Å². The first-order valence-electron chi connectivity index (χ1n) is 10.1. The largest absolute Gasteiger partial charge is 0.357 e. The average Bonchev–Trinajstić information content (AvgIpc) is 3.21. The van der Waals surface area contributed by atoms with Crippen LogP contribution in [0.3, 0.4) is 0 Å². The highest BCUT2D eigenvalue weighted by atomic mass is 127. The Kier molecular flexibility index (Phi) is 9.60. The number of nitrogens with zero attached hydrogens (tertiary/aromatic N) is 4. The second-order valence-corrected chi connectivity index (χ2v) is 7.24. The summed E-state index contributed by atoms with van der Waals surface area (Å²) >= 11 is 0. The molecule has 0 bridgehead atoms. The maximum Gasteiger partial charge on any atom is 0.191 e. The number of aromatic nitrogens is 2. The fourth-order valence-electron chi connectivity index (χ4n) is 3.27. The lowest BCUT2D eigenvalue weighted by atomic mass is 9.99. The summed E-state index contributed by atoms with van der Waals surface area (Å²) in [5.41, 5.74) is 1.13. The van der Waals surface area contributed by atoms with Gasteiger partial charge < -0.3 is 20.1 Å². The maximum atomic E-state index is 4.69. The van der Waals surface area contributed by atoms with Gasteiger partial charge in [0.25, 0.3) is 0 Å². The Morgan fingerprint density at radius 1 is 1.18 bits per heavy atom. The molecule has 0 atom stereocenters. The van der Waals surface area contributed by atoms with E-state index in [1.165, 1.54) is 12.8 Å². The van der Waals surface area contributed by atoms with E-state index in [0.29, 0.717) is 6.54 Å². The van der Waals surface area contributed by atoms with E-state index in [1.807, 2.05) is 18.3 Å². The van der Waals surface area contributed by atoms with Crippen molar-refractivity contribution in [1.82, 2.24) is 20.2 Å². The molecule has 0 aliphatic carbocycles. The van der Waals surface area contributed by atoms with E-state index < -0.39 is 0 Å². The van der Waals surface area contributed by atoms with Gasteiger partial charge in [0.2, 0.25) is 0 Å². The number of pyridine rings is 1. The minimum absolute atomic E-state index is 0. The monoisotopic (exact) mass is 496 g/mol. The van der Waals surface area contributed by atoms with Crippen LogP contribution in [0.1, 0.15) is 32.3 Å². The zero-order valence-corrected chi connectivity index (χ0v) is 19.3. The quantitative estimate of drug-likeness (QED) is 0.350. The van der Waals surface area contributed by atoms with Gasteiger partial charge in [-0.2, -0.15) is 0 Å². The molecule has 1 saturated heterocycles. The fourth-order valence-corrected chi connectivity index (χ4v) is 3.27. The second kappa shape index (κ2) is 11.9. The molecule has 1 aliphatic heterocycles. The van der Waals surface area contributed by atoms with E-state index in [-0.39, 0.29) is 24.0 Å². The van der Waals surface area contributed by atoms with E-state index in [0.717, 1.165) is 56.0 Å². The lowest BCUT2D eigenvalue weighted by Crippen LogP contribution is -2.38. The van der Waals surface area contributed by atoms with Gasteiger partial charge in [0, 0.05) is 51.3 Å². The molecule has 0 amide bonds. The van der Waals surface area contributed by atoms with Crippen LogP contribution in [0.5, 0.6) is 0 Å². The number of nitrogens with one attached hydrogen (secondary N) is 2. The Morgan fingerprint density at radius 3 is 2.57 bits per heavy atom. The zero-order valence-electron chi connectivity index (χ0n) is 17.0. The predicted octanol–water partition coefficient (Wildman–Crippen LogP) is 3.49. The van der Waals surface area contributed by atoms with Crippen molar-refractivity contribution >= 4 is 35.8 Å². The van der Waals surface area contributed by atoms with E-state index >= 15 is 0 Å². The van der Waals surface area contributed by atoms with Crippen LogP contribution in [-0.4, -0.2) is 41.7 Å². The minimum atomic E-state index is 0. The van der Waals surface area contributed by atoms with Gasteiger partial charge in [0.1, 0.15) is 5.82 Å². The molecule has 1 fully saturated rings. The Labute approximate surface area is 185 Å². The van der Waals surface area contributed by atoms with Crippen LogP contribution < -0.4 is 15.5 Å². The second-order valence-electron chi connectivity index (χ2n) is 7.24. The van der Waals surface area contributed by atoms with Crippen molar-refractivity contribution in [3.05, 3.63) is 48.4 Å². The third-order valence-electron chi connectivity index (χ3n) is 5.01. The molecule has 3 heterocycles. The summed E-state index contributed by atoms with van der Waals surface area (Å²) in [5.74, 6) is 2.77. The van der Waals surface area contributed by atoms with Crippen molar-refractivity contribution < 1.29 is 0 Å². The van der Waals surface area contributed by atoms with Crippen molar-refractivity contribution in [2.45, 2.75) is 39.8 Å². The Balaban J connectivity index is 0.00000280. The smallest absolute Gasteiger partial charge is 0.191 e. The number of aliphatic imine (C=N–C) groups is 1. The fraction of sp³-hybridized carbons (Fsp3) is 0.524. The summed E-state index contributed by atoms with van der Waals surface area (Å²) in [7, 11) is 0. The zero-order chi connectivity index (χ0) is 18.9. The summed E-state index contributed by atoms with van der Waals surface area (Å²) in [6, 6.07) is 8.36. The molecule has 0 unspecified atom stereocenters. The van der Waals surface area contributed by atoms with E-state index in [2.05, 4.69) is 68.5 Å². The first-order chi connectivity index (χ1) is 13.2. The van der Waals surface area contributed by atoms with Crippen LogP contribution >= 0.6 is 24.0 Å². The molecule has 2 N–H and O–H groups in total. The topological polar surface area (TPSA) is 57.5 Å². The van der Waals surface area contributed by atoms with Gasteiger partial charge in [-0.1, -0.05) is 13.0 Å². The first kappa shape index (κ1) is 22.5. The third-order valence-corrected chi connectivity index (χ3v) is 5.01. The van der Waals surface area contributed by atoms with Crippen LogP contribution in [0.2, 0.25) is 0 Å². The Morgan fingerprint density at radius 2 is 1.93 bits per heavy atom. The number of piperidine rings is 1. The summed E-state index contributed by atoms with van der Waals surface area (Å²) in [4.78, 5) is 11.7. The highest BCUT2D eigenvalue weighted by Gasteiger charge is 2.16. The molecule has 2 aromatic rings. The standard InChI is InChI=1S/C21H32N6.HI/c1-3-22-21(23-10-15-26-11-4-5-12-26)25-17-19-6-7-20(24-16-19)27-13-8-18(2)9-14-27;/h4-7,11-12,16,18H,3,8-10,13-15,17H2,1-2H3,(H2,22,23,25);1H. The lowest BCUT2D eigenvalue weighted by molar-refractivity contribution is 0.436. The highest BCUT2D eigenvalue weighted by Crippen LogP contribution is 2.21. The normalized spacial score (nSPS) is 15.2. The number of hydrogen-bond acceptors (Lipinski definition) is 3. The van der Waals surface area contributed by atoms with Gasteiger partial charge in [-0.15, -0.1) is 24.0 Å². The summed E-state index contributed by atoms with van der Waals surface area (Å²) in [6.45, 7) is 9.87. The van der Waals surface area contributed by atoms with Crippen molar-refractivity contribution in [1.29, 1.82) is 0 Å². The lowest BCUT2D eigenvalue weighted by Gasteiger charge is -2.31. The number of guanidine groups is 1. The molecule has 1 aliphatic rings. The number of rotatable bonds is 7. The van der Waals surface area contributed by atoms with Crippen molar-refractivity contribution in [2.24, 2.45) is 10.9 Å². The molecule has 6 nitrogen and oxygen atoms in total. The molecule has 3 rings (SSSR count). The molecule has 2 aromatic heterocycles. The van der Waals surface area contributed by atoms with Gasteiger partial charge in [-0.05, 0) is 49.4 Å². The van der Waals surface area contributed by atoms with E-state index in [1.54, 1.807) is 0 Å². The number of halogens is 1. The third kappa shape index (κ3) is 7.00. The van der Waals surface area contributed by atoms with Crippen LogP contribution in [-0.2, 0) is 13.1 Å². The molecular formula is C21H33IN6. The molecule has 0 radical (unpaired) electrons. The highest BCUT2D eigenvalue weighted by molar-refractivity contribution is 14.0. The molecular weight excluding hydrogens is 463 g/mol. The number of anilines is 1. The number of hydrogen-bond donors (Lipinski definition) is 2. The first-order valence-corrected chi connectivity index (χ1v) is 10.1. The van der Waals surface area contributed by atoms with Crippen LogP contribution in [0.15, 0.2) is 47.8 Å². The van der Waals surface area contributed by atoms with Gasteiger partial charge in [-0.3, -0.25) is 0 Å². The molecule has 0 spiro atoms. The predicted molar refractivity (Wildman–Crippen MR) is 128 cm³/mol. The summed E-state index contributed by atoms with van der Waals surface area (Å²) in [5, 5.41) is 6.69. The van der Waals surface area contributed by atoms with Gasteiger partial charge in [-0.25, -0.2) is 9.98 Å². The summed E-state index contributed by atoms with van der Waals surface area (Å²) in [6.07, 6.45) is 8.62. The van der Waals surface area contributed by atoms with Gasteiger partial charge in [0.05, 0.1) is 6.54 Å². The maximum absolute atomic E-state index is 4.69.